The zero-order valence-corrected chi connectivity index (χ0v) is 17.1. The van der Waals surface area contributed by atoms with Crippen molar-refractivity contribution in [2.45, 2.75) is 12.8 Å². The van der Waals surface area contributed by atoms with Gasteiger partial charge in [0.2, 0.25) is 0 Å². The first kappa shape index (κ1) is 19.1. The van der Waals surface area contributed by atoms with Gasteiger partial charge in [0.25, 0.3) is 5.91 Å². The highest BCUT2D eigenvalue weighted by atomic mass is 16.5. The molecule has 0 saturated heterocycles. The van der Waals surface area contributed by atoms with Gasteiger partial charge in [0.05, 0.1) is 11.6 Å². The summed E-state index contributed by atoms with van der Waals surface area (Å²) in [6, 6.07) is 30.3. The molecule has 0 saturated carbocycles. The molecular formula is C27H22N2O2. The molecule has 1 atom stereocenters. The third-order valence-electron chi connectivity index (χ3n) is 5.82. The molecule has 1 amide bonds. The van der Waals surface area contributed by atoms with Crippen molar-refractivity contribution in [3.05, 3.63) is 108 Å². The van der Waals surface area contributed by atoms with Crippen molar-refractivity contribution in [2.75, 3.05) is 0 Å². The van der Waals surface area contributed by atoms with Gasteiger partial charge in [-0.3, -0.25) is 10.0 Å². The third kappa shape index (κ3) is 3.37. The third-order valence-corrected chi connectivity index (χ3v) is 5.82. The number of aromatic amines is 1. The van der Waals surface area contributed by atoms with E-state index in [2.05, 4.69) is 35.3 Å². The van der Waals surface area contributed by atoms with Gasteiger partial charge in [-0.2, -0.15) is 0 Å². The largest absolute Gasteiger partial charge is 0.354 e. The minimum absolute atomic E-state index is 0.461. The number of nitrogens with one attached hydrogen (secondary N) is 2. The van der Waals surface area contributed by atoms with E-state index in [1.807, 2.05) is 73.1 Å². The highest BCUT2D eigenvalue weighted by Crippen LogP contribution is 2.39. The van der Waals surface area contributed by atoms with Crippen molar-refractivity contribution in [3.63, 3.8) is 0 Å². The Morgan fingerprint density at radius 3 is 2.45 bits per heavy atom. The van der Waals surface area contributed by atoms with Gasteiger partial charge in [-0.05, 0) is 41.0 Å². The zero-order chi connectivity index (χ0) is 21.4. The van der Waals surface area contributed by atoms with E-state index in [1.165, 1.54) is 0 Å². The molecule has 0 radical (unpaired) electrons. The van der Waals surface area contributed by atoms with Crippen molar-refractivity contribution in [1.29, 1.82) is 0 Å². The Bertz CT molecular complexity index is 1420. The normalized spacial score (nSPS) is 12.2. The van der Waals surface area contributed by atoms with Gasteiger partial charge in [0.1, 0.15) is 0 Å². The summed E-state index contributed by atoms with van der Waals surface area (Å²) in [6.07, 6.45) is 0. The van der Waals surface area contributed by atoms with Gasteiger partial charge < -0.3 is 4.98 Å². The summed E-state index contributed by atoms with van der Waals surface area (Å²) in [5.41, 5.74) is 7.45. The first-order valence-electron chi connectivity index (χ1n) is 10.3. The molecule has 1 heterocycles. The van der Waals surface area contributed by atoms with E-state index in [1.54, 1.807) is 0 Å². The maximum absolute atomic E-state index is 13.0. The molecule has 1 unspecified atom stereocenters. The Morgan fingerprint density at radius 1 is 0.871 bits per heavy atom. The van der Waals surface area contributed by atoms with E-state index in [4.69, 9.17) is 0 Å². The Morgan fingerprint density at radius 2 is 1.65 bits per heavy atom. The Balaban J connectivity index is 1.81. The first-order valence-corrected chi connectivity index (χ1v) is 10.3. The average Bonchev–Trinajstić information content (AvgIpc) is 3.18. The Hall–Kier alpha value is -3.89. The van der Waals surface area contributed by atoms with Gasteiger partial charge in [0.15, 0.2) is 0 Å². The van der Waals surface area contributed by atoms with Crippen LogP contribution in [0.25, 0.3) is 32.9 Å². The second-order valence-electron chi connectivity index (χ2n) is 7.84. The molecule has 31 heavy (non-hydrogen) atoms. The molecule has 0 aliphatic rings. The van der Waals surface area contributed by atoms with Crippen molar-refractivity contribution in [1.82, 2.24) is 10.5 Å². The highest BCUT2D eigenvalue weighted by molar-refractivity contribution is 6.00. The predicted molar refractivity (Wildman–Crippen MR) is 124 cm³/mol. The van der Waals surface area contributed by atoms with Crippen LogP contribution in [0, 0.1) is 6.92 Å². The number of hydroxylamine groups is 1. The quantitative estimate of drug-likeness (QED) is 0.256. The van der Waals surface area contributed by atoms with Gasteiger partial charge in [-0.15, -0.1) is 0 Å². The summed E-state index contributed by atoms with van der Waals surface area (Å²) in [5, 5.41) is 12.8. The van der Waals surface area contributed by atoms with Gasteiger partial charge >= 0.3 is 0 Å². The summed E-state index contributed by atoms with van der Waals surface area (Å²) in [4.78, 5) is 16.5. The lowest BCUT2D eigenvalue weighted by atomic mass is 9.86. The Labute approximate surface area is 180 Å². The highest BCUT2D eigenvalue weighted by Gasteiger charge is 2.29. The van der Waals surface area contributed by atoms with Crippen LogP contribution < -0.4 is 5.48 Å². The summed E-state index contributed by atoms with van der Waals surface area (Å²) in [6.45, 7) is 2.00. The number of rotatable bonds is 4. The molecule has 1 aromatic heterocycles. The van der Waals surface area contributed by atoms with Crippen LogP contribution >= 0.6 is 0 Å². The fourth-order valence-electron chi connectivity index (χ4n) is 4.40. The number of benzene rings is 4. The first-order chi connectivity index (χ1) is 15.2. The van der Waals surface area contributed by atoms with Crippen molar-refractivity contribution >= 4 is 27.6 Å². The summed E-state index contributed by atoms with van der Waals surface area (Å²) < 4.78 is 0. The number of para-hydroxylation sites is 1. The maximum atomic E-state index is 13.0. The second kappa shape index (κ2) is 7.74. The smallest absolute Gasteiger partial charge is 0.255 e. The molecule has 0 aliphatic heterocycles. The average molecular weight is 406 g/mol. The molecule has 0 fully saturated rings. The molecule has 4 heteroatoms. The fraction of sp³-hybridized carbons (Fsp3) is 0.0741. The molecule has 152 valence electrons. The van der Waals surface area contributed by atoms with E-state index < -0.39 is 11.8 Å². The van der Waals surface area contributed by atoms with Crippen molar-refractivity contribution in [3.8, 4) is 11.3 Å². The number of aromatic nitrogens is 1. The minimum Gasteiger partial charge on any atom is -0.354 e. The molecule has 0 aliphatic carbocycles. The fourth-order valence-corrected chi connectivity index (χ4v) is 4.40. The summed E-state index contributed by atoms with van der Waals surface area (Å²) in [5.74, 6) is -1.13. The van der Waals surface area contributed by atoms with E-state index in [9.17, 15) is 10.0 Å². The monoisotopic (exact) mass is 406 g/mol. The molecule has 3 N–H and O–H groups in total. The van der Waals surface area contributed by atoms with Gasteiger partial charge in [-0.25, -0.2) is 5.48 Å². The van der Waals surface area contributed by atoms with Gasteiger partial charge in [-0.1, -0.05) is 84.4 Å². The lowest BCUT2D eigenvalue weighted by Crippen LogP contribution is -2.27. The standard InChI is InChI=1S/C27H22N2O2/c1-17-7-6-10-20(15-17)24(27(30)29-31)25-22-11-4-5-12-23(22)28-26(25)21-14-13-18-8-2-3-9-19(18)16-21/h2-16,24,28,31H,1H3,(H,29,30). The van der Waals surface area contributed by atoms with Crippen LogP contribution in [0.15, 0.2) is 91.0 Å². The van der Waals surface area contributed by atoms with E-state index >= 15 is 0 Å². The molecule has 4 aromatic carbocycles. The van der Waals surface area contributed by atoms with Crippen LogP contribution in [-0.4, -0.2) is 16.1 Å². The maximum Gasteiger partial charge on any atom is 0.255 e. The molecular weight excluding hydrogens is 384 g/mol. The molecule has 4 nitrogen and oxygen atoms in total. The van der Waals surface area contributed by atoms with E-state index in [-0.39, 0.29) is 0 Å². The zero-order valence-electron chi connectivity index (χ0n) is 17.1. The van der Waals surface area contributed by atoms with Crippen molar-refractivity contribution in [2.24, 2.45) is 0 Å². The molecule has 5 aromatic rings. The van der Waals surface area contributed by atoms with Crippen LogP contribution in [0.4, 0.5) is 0 Å². The number of carbonyl (C=O) groups is 1. The molecule has 0 bridgehead atoms. The molecule has 0 spiro atoms. The number of amides is 1. The SMILES string of the molecule is Cc1cccc(C(C(=O)NO)c2c(-c3ccc4ccccc4c3)[nH]c3ccccc23)c1. The van der Waals surface area contributed by atoms with E-state index in [0.717, 1.165) is 49.6 Å². The van der Waals surface area contributed by atoms with E-state index in [0.29, 0.717) is 0 Å². The summed E-state index contributed by atoms with van der Waals surface area (Å²) >= 11 is 0. The minimum atomic E-state index is -0.664. The second-order valence-corrected chi connectivity index (χ2v) is 7.84. The van der Waals surface area contributed by atoms with Gasteiger partial charge in [0, 0.05) is 16.5 Å². The molecule has 5 rings (SSSR count). The van der Waals surface area contributed by atoms with Crippen LogP contribution in [0.1, 0.15) is 22.6 Å². The number of aryl methyl sites for hydroxylation is 1. The number of fused-ring (bicyclic) bond motifs is 2. The lowest BCUT2D eigenvalue weighted by Gasteiger charge is -2.18. The summed E-state index contributed by atoms with van der Waals surface area (Å²) in [7, 11) is 0. The van der Waals surface area contributed by atoms with Crippen LogP contribution in [-0.2, 0) is 4.79 Å². The predicted octanol–water partition coefficient (Wildman–Crippen LogP) is 5.93. The van der Waals surface area contributed by atoms with Crippen molar-refractivity contribution < 1.29 is 10.0 Å². The van der Waals surface area contributed by atoms with Crippen LogP contribution in [0.5, 0.6) is 0 Å². The number of carbonyl (C=O) groups excluding carboxylic acids is 1. The topological polar surface area (TPSA) is 65.1 Å². The van der Waals surface area contributed by atoms with Crippen LogP contribution in [0.2, 0.25) is 0 Å². The van der Waals surface area contributed by atoms with Crippen LogP contribution in [0.3, 0.4) is 0 Å². The number of hydrogen-bond acceptors (Lipinski definition) is 2. The Kier molecular flexibility index (Phi) is 4.77. The lowest BCUT2D eigenvalue weighted by molar-refractivity contribution is -0.129. The number of H-pyrrole nitrogens is 1. The number of hydrogen-bond donors (Lipinski definition) is 3.